The Labute approximate surface area is 80.6 Å². The minimum absolute atomic E-state index is 0.0317. The summed E-state index contributed by atoms with van der Waals surface area (Å²) >= 11 is 0. The largest absolute Gasteiger partial charge is 0.613 e. The predicted molar refractivity (Wildman–Crippen MR) is 52.7 cm³/mol. The van der Waals surface area contributed by atoms with Crippen molar-refractivity contribution in [2.45, 2.75) is 27.2 Å². The normalized spacial score (nSPS) is 13.1. The van der Waals surface area contributed by atoms with Crippen LogP contribution in [0.2, 0.25) is 0 Å². The van der Waals surface area contributed by atoms with E-state index in [0.29, 0.717) is 13.2 Å². The summed E-state index contributed by atoms with van der Waals surface area (Å²) in [5, 5.41) is 11.6. The van der Waals surface area contributed by atoms with Crippen molar-refractivity contribution in [2.24, 2.45) is 5.41 Å². The average molecular weight is 208 g/mol. The van der Waals surface area contributed by atoms with Crippen LogP contribution in [0, 0.1) is 5.41 Å². The fraction of sp³-hybridized carbons (Fsp3) is 1.00. The Hall–Kier alpha value is -0.0200. The third-order valence-corrected chi connectivity index (χ3v) is 2.34. The van der Waals surface area contributed by atoms with Crippen LogP contribution in [0.25, 0.3) is 0 Å². The van der Waals surface area contributed by atoms with E-state index in [-0.39, 0.29) is 12.0 Å². The van der Waals surface area contributed by atoms with Gasteiger partial charge in [-0.2, -0.15) is 0 Å². The van der Waals surface area contributed by atoms with E-state index in [2.05, 4.69) is 5.09 Å². The highest BCUT2D eigenvalue weighted by Crippen LogP contribution is 2.23. The van der Waals surface area contributed by atoms with Gasteiger partial charge in [-0.3, -0.25) is 0 Å². The molecule has 0 radical (unpaired) electrons. The zero-order valence-electron chi connectivity index (χ0n) is 8.54. The van der Waals surface area contributed by atoms with Gasteiger partial charge in [-0.1, -0.05) is 25.9 Å². The molecule has 4 nitrogen and oxygen atoms in total. The maximum atomic E-state index is 11.1. The number of hydrogen-bond acceptors (Lipinski definition) is 3. The fourth-order valence-corrected chi connectivity index (χ4v) is 1.49. The van der Waals surface area contributed by atoms with Crippen LogP contribution in [0.3, 0.4) is 0 Å². The number of nitrogens with one attached hydrogen (secondary N) is 1. The van der Waals surface area contributed by atoms with E-state index in [4.69, 9.17) is 9.63 Å². The Morgan fingerprint density at radius 2 is 2.15 bits per heavy atom. The van der Waals surface area contributed by atoms with Gasteiger partial charge in [0.25, 0.3) is 0 Å². The summed E-state index contributed by atoms with van der Waals surface area (Å²) in [4.78, 5) is 0. The van der Waals surface area contributed by atoms with Gasteiger partial charge in [0, 0.05) is 12.0 Å². The van der Waals surface area contributed by atoms with Gasteiger partial charge in [0.1, 0.15) is 6.61 Å². The number of aliphatic hydroxyl groups excluding tert-OH is 1. The van der Waals surface area contributed by atoms with Gasteiger partial charge in [-0.15, -0.1) is 4.52 Å². The smallest absolute Gasteiger partial charge is 0.396 e. The molecule has 2 N–H and O–H groups in total. The maximum absolute atomic E-state index is 11.1. The van der Waals surface area contributed by atoms with Crippen LogP contribution < -0.4 is 5.09 Å². The van der Waals surface area contributed by atoms with Gasteiger partial charge in [0.2, 0.25) is 0 Å². The lowest BCUT2D eigenvalue weighted by Crippen LogP contribution is -2.23. The van der Waals surface area contributed by atoms with Crippen LogP contribution in [0.15, 0.2) is 0 Å². The molecule has 0 aromatic heterocycles. The first kappa shape index (κ1) is 13.0. The predicted octanol–water partition coefficient (Wildman–Crippen LogP) is 1.68. The highest BCUT2D eigenvalue weighted by atomic mass is 31.1. The third-order valence-electron chi connectivity index (χ3n) is 1.49. The molecular weight excluding hydrogens is 189 g/mol. The first-order valence-electron chi connectivity index (χ1n) is 4.46. The molecule has 0 saturated heterocycles. The molecule has 5 heteroatoms. The fourth-order valence-electron chi connectivity index (χ4n) is 0.528. The van der Waals surface area contributed by atoms with Crippen molar-refractivity contribution in [3.8, 4) is 0 Å². The standard InChI is InChI=1S/C8H19NO3P/c1-4-5-9-13(11)12-7-8(2,3)6-10/h10H,4-7H2,1-3H3,(H,9,11)/q+1. The molecule has 0 bridgehead atoms. The second-order valence-electron chi connectivity index (χ2n) is 3.76. The number of aliphatic hydroxyl groups is 1. The lowest BCUT2D eigenvalue weighted by Gasteiger charge is -2.16. The van der Waals surface area contributed by atoms with E-state index in [9.17, 15) is 4.57 Å². The van der Waals surface area contributed by atoms with Gasteiger partial charge >= 0.3 is 8.18 Å². The van der Waals surface area contributed by atoms with Gasteiger partial charge in [0.05, 0.1) is 6.61 Å². The Balaban J connectivity index is 3.57. The SMILES string of the molecule is CCCN[P+](=O)OCC(C)(C)CO. The summed E-state index contributed by atoms with van der Waals surface area (Å²) < 4.78 is 16.1. The van der Waals surface area contributed by atoms with E-state index in [1.54, 1.807) is 0 Å². The molecule has 0 amide bonds. The first-order chi connectivity index (χ1) is 6.02. The third kappa shape index (κ3) is 7.08. The lowest BCUT2D eigenvalue weighted by atomic mass is 9.97. The van der Waals surface area contributed by atoms with Gasteiger partial charge < -0.3 is 5.11 Å². The van der Waals surface area contributed by atoms with Crippen LogP contribution in [0.1, 0.15) is 27.2 Å². The molecule has 13 heavy (non-hydrogen) atoms. The quantitative estimate of drug-likeness (QED) is 0.625. The molecule has 0 aliphatic carbocycles. The van der Waals surface area contributed by atoms with Crippen LogP contribution in [0.4, 0.5) is 0 Å². The molecule has 0 spiro atoms. The van der Waals surface area contributed by atoms with Gasteiger partial charge in [-0.25, -0.2) is 0 Å². The number of hydrogen-bond donors (Lipinski definition) is 2. The van der Waals surface area contributed by atoms with E-state index < -0.39 is 8.18 Å². The first-order valence-corrected chi connectivity index (χ1v) is 5.64. The van der Waals surface area contributed by atoms with Crippen LogP contribution >= 0.6 is 8.18 Å². The van der Waals surface area contributed by atoms with Crippen molar-refractivity contribution in [2.75, 3.05) is 19.8 Å². The molecule has 0 aliphatic heterocycles. The van der Waals surface area contributed by atoms with Crippen LogP contribution in [-0.2, 0) is 9.09 Å². The van der Waals surface area contributed by atoms with Crippen molar-refractivity contribution < 1.29 is 14.2 Å². The van der Waals surface area contributed by atoms with Gasteiger partial charge in [0.15, 0.2) is 0 Å². The molecule has 1 unspecified atom stereocenters. The van der Waals surface area contributed by atoms with Crippen molar-refractivity contribution in [1.29, 1.82) is 0 Å². The summed E-state index contributed by atoms with van der Waals surface area (Å²) in [5.41, 5.74) is -0.321. The Kier molecular flexibility index (Phi) is 6.43. The monoisotopic (exact) mass is 208 g/mol. The zero-order chi connectivity index (χ0) is 10.3. The molecule has 0 saturated carbocycles. The van der Waals surface area contributed by atoms with Crippen LogP contribution in [-0.4, -0.2) is 24.9 Å². The summed E-state index contributed by atoms with van der Waals surface area (Å²) in [5.74, 6) is 0. The van der Waals surface area contributed by atoms with E-state index >= 15 is 0 Å². The van der Waals surface area contributed by atoms with Crippen molar-refractivity contribution in [3.63, 3.8) is 0 Å². The highest BCUT2D eigenvalue weighted by molar-refractivity contribution is 7.36. The second-order valence-corrected chi connectivity index (χ2v) is 4.85. The molecule has 78 valence electrons. The molecular formula is C8H19NO3P+. The summed E-state index contributed by atoms with van der Waals surface area (Å²) in [7, 11) is -1.77. The molecule has 0 aromatic carbocycles. The molecule has 1 atom stereocenters. The molecule has 0 rings (SSSR count). The summed E-state index contributed by atoms with van der Waals surface area (Å²) in [6.07, 6.45) is 0.924. The van der Waals surface area contributed by atoms with Gasteiger partial charge in [-0.05, 0) is 11.0 Å². The Morgan fingerprint density at radius 3 is 2.62 bits per heavy atom. The minimum Gasteiger partial charge on any atom is -0.396 e. The lowest BCUT2D eigenvalue weighted by molar-refractivity contribution is 0.101. The second kappa shape index (κ2) is 6.44. The molecule has 0 aromatic rings. The summed E-state index contributed by atoms with van der Waals surface area (Å²) in [6, 6.07) is 0. The van der Waals surface area contributed by atoms with E-state index in [1.165, 1.54) is 0 Å². The summed E-state index contributed by atoms with van der Waals surface area (Å²) in [6.45, 7) is 6.73. The Bertz CT molecular complexity index is 161. The van der Waals surface area contributed by atoms with Crippen molar-refractivity contribution >= 4 is 8.18 Å². The van der Waals surface area contributed by atoms with E-state index in [0.717, 1.165) is 6.42 Å². The minimum atomic E-state index is -1.77. The number of rotatable bonds is 7. The molecule has 0 aliphatic rings. The van der Waals surface area contributed by atoms with Crippen molar-refractivity contribution in [3.05, 3.63) is 0 Å². The van der Waals surface area contributed by atoms with E-state index in [1.807, 2.05) is 20.8 Å². The zero-order valence-corrected chi connectivity index (χ0v) is 9.43. The van der Waals surface area contributed by atoms with Crippen LogP contribution in [0.5, 0.6) is 0 Å². The Morgan fingerprint density at radius 1 is 1.54 bits per heavy atom. The molecule has 0 fully saturated rings. The average Bonchev–Trinajstić information content (AvgIpc) is 2.11. The molecule has 0 heterocycles. The van der Waals surface area contributed by atoms with Crippen molar-refractivity contribution in [1.82, 2.24) is 5.09 Å². The maximum Gasteiger partial charge on any atom is 0.613 e. The highest BCUT2D eigenvalue weighted by Gasteiger charge is 2.24. The topological polar surface area (TPSA) is 58.6 Å².